The van der Waals surface area contributed by atoms with Gasteiger partial charge in [0.1, 0.15) is 6.26 Å². The molecule has 1 aromatic rings. The Labute approximate surface area is 113 Å². The second-order valence-electron chi connectivity index (χ2n) is 7.16. The van der Waals surface area contributed by atoms with Crippen LogP contribution in [0.15, 0.2) is 16.9 Å². The van der Waals surface area contributed by atoms with E-state index in [2.05, 4.69) is 31.2 Å². The molecule has 2 amide bonds. The second kappa shape index (κ2) is 3.99. The molecule has 2 atom stereocenters. The molecule has 2 heterocycles. The number of rotatable bonds is 1. The Bertz CT molecular complexity index is 483. The van der Waals surface area contributed by atoms with Gasteiger partial charge in [-0.1, -0.05) is 25.9 Å². The molecule has 5 heteroatoms. The standard InChI is InChI=1S/C14H21N3O2/c1-13(2)6-10-7-14(3,8-13)9-17(10)12(18)15-11-4-5-19-16-11/h4-5,10H,6-9H2,1-3H3,(H,15,16,18). The van der Waals surface area contributed by atoms with Gasteiger partial charge in [-0.25, -0.2) is 4.79 Å². The van der Waals surface area contributed by atoms with E-state index in [4.69, 9.17) is 4.52 Å². The van der Waals surface area contributed by atoms with Gasteiger partial charge in [0, 0.05) is 18.7 Å². The Morgan fingerprint density at radius 3 is 2.95 bits per heavy atom. The number of aromatic nitrogens is 1. The molecule has 1 aromatic heterocycles. The van der Waals surface area contributed by atoms with Crippen molar-refractivity contribution in [3.63, 3.8) is 0 Å². The van der Waals surface area contributed by atoms with Crippen LogP contribution in [0.5, 0.6) is 0 Å². The normalized spacial score (nSPS) is 32.4. The molecule has 0 aromatic carbocycles. The summed E-state index contributed by atoms with van der Waals surface area (Å²) in [6.07, 6.45) is 4.84. The number of nitrogens with zero attached hydrogens (tertiary/aromatic N) is 2. The average molecular weight is 263 g/mol. The third kappa shape index (κ3) is 2.33. The molecule has 1 aliphatic heterocycles. The first-order valence-corrected chi connectivity index (χ1v) is 6.85. The van der Waals surface area contributed by atoms with Crippen LogP contribution in [-0.2, 0) is 0 Å². The molecular formula is C14H21N3O2. The highest BCUT2D eigenvalue weighted by Crippen LogP contribution is 2.52. The zero-order chi connectivity index (χ0) is 13.7. The number of carbonyl (C=O) groups excluding carboxylic acids is 1. The van der Waals surface area contributed by atoms with E-state index in [0.717, 1.165) is 19.4 Å². The monoisotopic (exact) mass is 263 g/mol. The van der Waals surface area contributed by atoms with E-state index in [0.29, 0.717) is 17.3 Å². The molecule has 0 radical (unpaired) electrons. The van der Waals surface area contributed by atoms with Gasteiger partial charge in [0.05, 0.1) is 0 Å². The summed E-state index contributed by atoms with van der Waals surface area (Å²) in [5.41, 5.74) is 0.578. The quantitative estimate of drug-likeness (QED) is 0.847. The zero-order valence-electron chi connectivity index (χ0n) is 11.8. The van der Waals surface area contributed by atoms with Crippen LogP contribution in [0.2, 0.25) is 0 Å². The SMILES string of the molecule is CC1(C)CC2CC(C)(CN2C(=O)Nc2ccon2)C1. The van der Waals surface area contributed by atoms with Crippen LogP contribution >= 0.6 is 0 Å². The predicted octanol–water partition coefficient (Wildman–Crippen LogP) is 3.11. The van der Waals surface area contributed by atoms with Gasteiger partial charge in [0.2, 0.25) is 0 Å². The molecule has 1 N–H and O–H groups in total. The number of anilines is 1. The van der Waals surface area contributed by atoms with Crippen molar-refractivity contribution in [2.45, 2.75) is 46.1 Å². The molecule has 2 bridgehead atoms. The Morgan fingerprint density at radius 1 is 1.47 bits per heavy atom. The van der Waals surface area contributed by atoms with E-state index < -0.39 is 0 Å². The van der Waals surface area contributed by atoms with Crippen LogP contribution in [0.25, 0.3) is 0 Å². The summed E-state index contributed by atoms with van der Waals surface area (Å²) in [6, 6.07) is 1.95. The second-order valence-corrected chi connectivity index (χ2v) is 7.16. The summed E-state index contributed by atoms with van der Waals surface area (Å²) < 4.78 is 4.73. The molecule has 104 valence electrons. The van der Waals surface area contributed by atoms with Crippen molar-refractivity contribution in [2.24, 2.45) is 10.8 Å². The summed E-state index contributed by atoms with van der Waals surface area (Å²) in [4.78, 5) is 14.3. The highest BCUT2D eigenvalue weighted by atomic mass is 16.5. The van der Waals surface area contributed by atoms with E-state index in [9.17, 15) is 4.79 Å². The van der Waals surface area contributed by atoms with E-state index in [1.165, 1.54) is 12.7 Å². The lowest BCUT2D eigenvalue weighted by Crippen LogP contribution is -2.40. The first kappa shape index (κ1) is 12.5. The molecule has 5 nitrogen and oxygen atoms in total. The van der Waals surface area contributed by atoms with E-state index >= 15 is 0 Å². The number of hydrogen-bond donors (Lipinski definition) is 1. The molecular weight excluding hydrogens is 242 g/mol. The third-order valence-electron chi connectivity index (χ3n) is 4.35. The van der Waals surface area contributed by atoms with Crippen molar-refractivity contribution in [2.75, 3.05) is 11.9 Å². The number of carbonyl (C=O) groups is 1. The first-order valence-electron chi connectivity index (χ1n) is 6.85. The van der Waals surface area contributed by atoms with Gasteiger partial charge in [-0.15, -0.1) is 0 Å². The van der Waals surface area contributed by atoms with E-state index in [1.54, 1.807) is 6.07 Å². The van der Waals surface area contributed by atoms with Crippen LogP contribution in [0.1, 0.15) is 40.0 Å². The summed E-state index contributed by atoms with van der Waals surface area (Å²) >= 11 is 0. The first-order chi connectivity index (χ1) is 8.87. The number of urea groups is 1. The topological polar surface area (TPSA) is 58.4 Å². The number of hydrogen-bond acceptors (Lipinski definition) is 3. The molecule has 3 rings (SSSR count). The zero-order valence-corrected chi connectivity index (χ0v) is 11.8. The van der Waals surface area contributed by atoms with Crippen LogP contribution in [-0.4, -0.2) is 28.7 Å². The van der Waals surface area contributed by atoms with E-state index in [-0.39, 0.29) is 11.4 Å². The highest BCUT2D eigenvalue weighted by molar-refractivity contribution is 5.88. The molecule has 1 saturated carbocycles. The fourth-order valence-corrected chi connectivity index (χ4v) is 4.16. The number of likely N-dealkylation sites (tertiary alicyclic amines) is 1. The number of fused-ring (bicyclic) bond motifs is 2. The fraction of sp³-hybridized carbons (Fsp3) is 0.714. The van der Waals surface area contributed by atoms with Gasteiger partial charge >= 0.3 is 6.03 Å². The molecule has 1 aliphatic carbocycles. The van der Waals surface area contributed by atoms with Crippen molar-refractivity contribution in [3.05, 3.63) is 12.3 Å². The summed E-state index contributed by atoms with van der Waals surface area (Å²) in [5, 5.41) is 6.53. The Balaban J connectivity index is 1.74. The number of amides is 2. The maximum absolute atomic E-state index is 12.3. The third-order valence-corrected chi connectivity index (χ3v) is 4.35. The summed E-state index contributed by atoms with van der Waals surface area (Å²) in [7, 11) is 0. The predicted molar refractivity (Wildman–Crippen MR) is 71.8 cm³/mol. The van der Waals surface area contributed by atoms with Crippen molar-refractivity contribution >= 4 is 11.8 Å². The van der Waals surface area contributed by atoms with Crippen molar-refractivity contribution in [1.29, 1.82) is 0 Å². The van der Waals surface area contributed by atoms with Crippen LogP contribution < -0.4 is 5.32 Å². The van der Waals surface area contributed by atoms with Crippen molar-refractivity contribution in [1.82, 2.24) is 10.1 Å². The molecule has 19 heavy (non-hydrogen) atoms. The van der Waals surface area contributed by atoms with Crippen LogP contribution in [0.3, 0.4) is 0 Å². The minimum atomic E-state index is -0.0553. The maximum Gasteiger partial charge on any atom is 0.323 e. The van der Waals surface area contributed by atoms with Gasteiger partial charge < -0.3 is 9.42 Å². The lowest BCUT2D eigenvalue weighted by Gasteiger charge is -2.39. The number of nitrogens with one attached hydrogen (secondary N) is 1. The molecule has 0 spiro atoms. The van der Waals surface area contributed by atoms with Gasteiger partial charge in [0.15, 0.2) is 5.82 Å². The Morgan fingerprint density at radius 2 is 2.26 bits per heavy atom. The molecule has 2 fully saturated rings. The molecule has 1 saturated heterocycles. The largest absolute Gasteiger partial charge is 0.363 e. The lowest BCUT2D eigenvalue weighted by molar-refractivity contribution is 0.130. The average Bonchev–Trinajstić information content (AvgIpc) is 2.83. The van der Waals surface area contributed by atoms with Crippen molar-refractivity contribution in [3.8, 4) is 0 Å². The fourth-order valence-electron chi connectivity index (χ4n) is 4.16. The van der Waals surface area contributed by atoms with Gasteiger partial charge in [-0.3, -0.25) is 5.32 Å². The Kier molecular flexibility index (Phi) is 2.62. The smallest absolute Gasteiger partial charge is 0.323 e. The summed E-state index contributed by atoms with van der Waals surface area (Å²) in [6.45, 7) is 7.74. The Hall–Kier alpha value is -1.52. The lowest BCUT2D eigenvalue weighted by atomic mass is 9.65. The highest BCUT2D eigenvalue weighted by Gasteiger charge is 2.51. The van der Waals surface area contributed by atoms with Gasteiger partial charge in [-0.2, -0.15) is 0 Å². The maximum atomic E-state index is 12.3. The van der Waals surface area contributed by atoms with Gasteiger partial charge in [-0.05, 0) is 30.1 Å². The van der Waals surface area contributed by atoms with Gasteiger partial charge in [0.25, 0.3) is 0 Å². The molecule has 2 unspecified atom stereocenters. The molecule has 2 aliphatic rings. The minimum absolute atomic E-state index is 0.0553. The summed E-state index contributed by atoms with van der Waals surface area (Å²) in [5.74, 6) is 0.482. The minimum Gasteiger partial charge on any atom is -0.363 e. The van der Waals surface area contributed by atoms with Crippen LogP contribution in [0, 0.1) is 10.8 Å². The van der Waals surface area contributed by atoms with Crippen LogP contribution in [0.4, 0.5) is 10.6 Å². The van der Waals surface area contributed by atoms with E-state index in [1.807, 2.05) is 4.90 Å². The van der Waals surface area contributed by atoms with Crippen molar-refractivity contribution < 1.29 is 9.32 Å².